The van der Waals surface area contributed by atoms with E-state index in [0.717, 1.165) is 11.6 Å². The van der Waals surface area contributed by atoms with E-state index in [2.05, 4.69) is 20.9 Å². The summed E-state index contributed by atoms with van der Waals surface area (Å²) in [6.45, 7) is 0.535. The Morgan fingerprint density at radius 1 is 1.08 bits per heavy atom. The zero-order chi connectivity index (χ0) is 18.8. The fourth-order valence-corrected chi connectivity index (χ4v) is 2.08. The van der Waals surface area contributed by atoms with Gasteiger partial charge in [0.25, 0.3) is 0 Å². The van der Waals surface area contributed by atoms with Crippen molar-refractivity contribution in [2.24, 2.45) is 0 Å². The number of halogens is 1. The molecule has 1 aromatic heterocycles. The zero-order valence-corrected chi connectivity index (χ0v) is 14.0. The van der Waals surface area contributed by atoms with Crippen LogP contribution in [0.15, 0.2) is 42.7 Å². The molecule has 0 radical (unpaired) electrons. The lowest BCUT2D eigenvalue weighted by atomic mass is 10.1. The second-order valence-electron chi connectivity index (χ2n) is 5.41. The molecular formula is C18H18FN5O2. The van der Waals surface area contributed by atoms with Crippen molar-refractivity contribution in [3.8, 4) is 6.07 Å². The number of rotatable bonds is 7. The van der Waals surface area contributed by atoms with Crippen molar-refractivity contribution in [1.29, 1.82) is 5.26 Å². The molecule has 0 bridgehead atoms. The van der Waals surface area contributed by atoms with Crippen LogP contribution in [-0.4, -0.2) is 23.5 Å². The highest BCUT2D eigenvalue weighted by molar-refractivity contribution is 5.78. The molecule has 0 atom stereocenters. The van der Waals surface area contributed by atoms with Crippen molar-refractivity contribution in [3.63, 3.8) is 0 Å². The summed E-state index contributed by atoms with van der Waals surface area (Å²) in [6, 6.07) is 8.97. The quantitative estimate of drug-likeness (QED) is 0.701. The lowest BCUT2D eigenvalue weighted by Gasteiger charge is -2.09. The molecule has 26 heavy (non-hydrogen) atoms. The van der Waals surface area contributed by atoms with E-state index in [1.165, 1.54) is 12.1 Å². The molecule has 0 aliphatic carbocycles. The number of carbonyl (C=O) groups excluding carboxylic acids is 2. The topological polar surface area (TPSA) is 107 Å². The summed E-state index contributed by atoms with van der Waals surface area (Å²) in [5, 5.41) is 16.4. The first-order valence-corrected chi connectivity index (χ1v) is 7.94. The van der Waals surface area contributed by atoms with Gasteiger partial charge in [0, 0.05) is 44.0 Å². The molecule has 0 aliphatic rings. The lowest BCUT2D eigenvalue weighted by Crippen LogP contribution is -2.37. The third kappa shape index (κ3) is 6.20. The highest BCUT2D eigenvalue weighted by Crippen LogP contribution is 2.09. The van der Waals surface area contributed by atoms with Crippen molar-refractivity contribution in [2.75, 3.05) is 6.54 Å². The van der Waals surface area contributed by atoms with Crippen molar-refractivity contribution >= 4 is 11.9 Å². The molecule has 0 saturated heterocycles. The van der Waals surface area contributed by atoms with Crippen LogP contribution in [0.3, 0.4) is 0 Å². The molecule has 1 heterocycles. The lowest BCUT2D eigenvalue weighted by molar-refractivity contribution is -0.121. The highest BCUT2D eigenvalue weighted by atomic mass is 19.1. The van der Waals surface area contributed by atoms with Gasteiger partial charge in [0.1, 0.15) is 5.82 Å². The molecule has 0 aliphatic heterocycles. The maximum atomic E-state index is 13.7. The molecule has 7 nitrogen and oxygen atoms in total. The third-order valence-corrected chi connectivity index (χ3v) is 3.50. The molecule has 3 N–H and O–H groups in total. The second-order valence-corrected chi connectivity index (χ2v) is 5.41. The van der Waals surface area contributed by atoms with Gasteiger partial charge in [-0.3, -0.25) is 9.78 Å². The van der Waals surface area contributed by atoms with Gasteiger partial charge in [0.05, 0.1) is 11.6 Å². The molecule has 0 unspecified atom stereocenters. The van der Waals surface area contributed by atoms with Crippen molar-refractivity contribution in [1.82, 2.24) is 20.9 Å². The number of hydrogen-bond acceptors (Lipinski definition) is 4. The van der Waals surface area contributed by atoms with Gasteiger partial charge in [-0.25, -0.2) is 9.18 Å². The molecular weight excluding hydrogens is 337 g/mol. The molecule has 0 spiro atoms. The van der Waals surface area contributed by atoms with Crippen LogP contribution in [0.25, 0.3) is 0 Å². The Labute approximate surface area is 150 Å². The molecule has 2 aromatic rings. The third-order valence-electron chi connectivity index (χ3n) is 3.50. The minimum Gasteiger partial charge on any atom is -0.352 e. The Bertz CT molecular complexity index is 805. The number of urea groups is 1. The number of nitriles is 1. The summed E-state index contributed by atoms with van der Waals surface area (Å²) < 4.78 is 13.7. The fourth-order valence-electron chi connectivity index (χ4n) is 2.08. The molecule has 0 fully saturated rings. The molecule has 0 saturated carbocycles. The summed E-state index contributed by atoms with van der Waals surface area (Å²) in [6.07, 6.45) is 3.41. The van der Waals surface area contributed by atoms with Gasteiger partial charge in [-0.2, -0.15) is 5.26 Å². The van der Waals surface area contributed by atoms with Gasteiger partial charge in [-0.15, -0.1) is 0 Å². The first-order chi connectivity index (χ1) is 12.6. The number of nitrogens with one attached hydrogen (secondary N) is 3. The zero-order valence-electron chi connectivity index (χ0n) is 14.0. The van der Waals surface area contributed by atoms with Gasteiger partial charge in [-0.1, -0.05) is 6.07 Å². The first kappa shape index (κ1) is 18.9. The van der Waals surface area contributed by atoms with Crippen LogP contribution in [0, 0.1) is 17.1 Å². The van der Waals surface area contributed by atoms with Crippen LogP contribution in [0.5, 0.6) is 0 Å². The van der Waals surface area contributed by atoms with Gasteiger partial charge in [0.15, 0.2) is 0 Å². The van der Waals surface area contributed by atoms with Crippen LogP contribution in [0.2, 0.25) is 0 Å². The summed E-state index contributed by atoms with van der Waals surface area (Å²) in [5.74, 6) is -0.750. The van der Waals surface area contributed by atoms with Gasteiger partial charge < -0.3 is 16.0 Å². The first-order valence-electron chi connectivity index (χ1n) is 7.94. The Hall–Kier alpha value is -3.47. The van der Waals surface area contributed by atoms with Gasteiger partial charge in [-0.05, 0) is 29.8 Å². The monoisotopic (exact) mass is 355 g/mol. The largest absolute Gasteiger partial charge is 0.352 e. The molecule has 134 valence electrons. The average molecular weight is 355 g/mol. The fraction of sp³-hybridized carbons (Fsp3) is 0.222. The maximum absolute atomic E-state index is 13.7. The number of carbonyl (C=O) groups is 2. The normalized spacial score (nSPS) is 9.85. The maximum Gasteiger partial charge on any atom is 0.315 e. The highest BCUT2D eigenvalue weighted by Gasteiger charge is 2.07. The smallest absolute Gasteiger partial charge is 0.315 e. The number of benzene rings is 1. The summed E-state index contributed by atoms with van der Waals surface area (Å²) >= 11 is 0. The van der Waals surface area contributed by atoms with E-state index in [-0.39, 0.29) is 36.5 Å². The van der Waals surface area contributed by atoms with Crippen molar-refractivity contribution in [2.45, 2.75) is 19.5 Å². The minimum atomic E-state index is -0.556. The van der Waals surface area contributed by atoms with E-state index >= 15 is 0 Å². The Balaban J connectivity index is 1.64. The molecule has 8 heteroatoms. The van der Waals surface area contributed by atoms with E-state index in [4.69, 9.17) is 5.26 Å². The Morgan fingerprint density at radius 2 is 1.85 bits per heavy atom. The van der Waals surface area contributed by atoms with Crippen molar-refractivity contribution < 1.29 is 14.0 Å². The van der Waals surface area contributed by atoms with E-state index in [9.17, 15) is 14.0 Å². The van der Waals surface area contributed by atoms with Crippen LogP contribution >= 0.6 is 0 Å². The van der Waals surface area contributed by atoms with E-state index in [1.807, 2.05) is 6.07 Å². The minimum absolute atomic E-state index is 0.0163. The SMILES string of the molecule is N#Cc1ccc(CNC(=O)NCCC(=O)NCc2ccncc2)c(F)c1. The second kappa shape index (κ2) is 9.74. The van der Waals surface area contributed by atoms with Gasteiger partial charge in [0.2, 0.25) is 5.91 Å². The predicted molar refractivity (Wildman–Crippen MR) is 92.1 cm³/mol. The van der Waals surface area contributed by atoms with Crippen LogP contribution in [0.1, 0.15) is 23.1 Å². The number of pyridine rings is 1. The van der Waals surface area contributed by atoms with E-state index in [1.54, 1.807) is 24.5 Å². The molecule has 1 aromatic carbocycles. The summed E-state index contributed by atoms with van der Waals surface area (Å²) in [4.78, 5) is 27.3. The van der Waals surface area contributed by atoms with E-state index < -0.39 is 11.8 Å². The number of amides is 3. The standard InChI is InChI=1S/C18H18FN5O2/c19-16-9-14(10-20)1-2-15(16)12-24-18(26)22-8-5-17(25)23-11-13-3-6-21-7-4-13/h1-4,6-7,9H,5,8,11-12H2,(H,23,25)(H2,22,24,26). The number of nitrogens with zero attached hydrogens (tertiary/aromatic N) is 2. The van der Waals surface area contributed by atoms with Gasteiger partial charge >= 0.3 is 6.03 Å². The average Bonchev–Trinajstić information content (AvgIpc) is 2.66. The molecule has 2 rings (SSSR count). The van der Waals surface area contributed by atoms with Crippen LogP contribution in [-0.2, 0) is 17.9 Å². The summed E-state index contributed by atoms with van der Waals surface area (Å²) in [7, 11) is 0. The van der Waals surface area contributed by atoms with Crippen molar-refractivity contribution in [3.05, 3.63) is 65.2 Å². The predicted octanol–water partition coefficient (Wildman–Crippen LogP) is 1.60. The number of aromatic nitrogens is 1. The number of hydrogen-bond donors (Lipinski definition) is 3. The summed E-state index contributed by atoms with van der Waals surface area (Å²) in [5.41, 5.74) is 1.42. The van der Waals surface area contributed by atoms with E-state index in [0.29, 0.717) is 6.54 Å². The Morgan fingerprint density at radius 3 is 2.54 bits per heavy atom. The van der Waals surface area contributed by atoms with Crippen LogP contribution in [0.4, 0.5) is 9.18 Å². The Kier molecular flexibility index (Phi) is 7.06. The van der Waals surface area contributed by atoms with Crippen LogP contribution < -0.4 is 16.0 Å². The molecule has 3 amide bonds.